The van der Waals surface area contributed by atoms with Gasteiger partial charge in [-0.1, -0.05) is 72.8 Å². The summed E-state index contributed by atoms with van der Waals surface area (Å²) in [4.78, 5) is 26.4. The van der Waals surface area contributed by atoms with E-state index in [2.05, 4.69) is 26.3 Å². The van der Waals surface area contributed by atoms with Gasteiger partial charge in [0.15, 0.2) is 35.0 Å². The molecule has 0 aliphatic carbocycles. The highest BCUT2D eigenvalue weighted by molar-refractivity contribution is 5.98. The summed E-state index contributed by atoms with van der Waals surface area (Å²) in [5.41, 5.74) is 8.90. The van der Waals surface area contributed by atoms with Crippen LogP contribution in [0.4, 0.5) is 5.82 Å². The second-order valence-corrected chi connectivity index (χ2v) is 12.3. The summed E-state index contributed by atoms with van der Waals surface area (Å²) in [6, 6.07) is 24.2. The van der Waals surface area contributed by atoms with Gasteiger partial charge in [0, 0.05) is 23.7 Å². The molecule has 0 bridgehead atoms. The first-order valence-electron chi connectivity index (χ1n) is 15.7. The maximum Gasteiger partial charge on any atom is 0.305 e. The van der Waals surface area contributed by atoms with Crippen molar-refractivity contribution in [1.29, 1.82) is 5.26 Å². The van der Waals surface area contributed by atoms with E-state index in [0.29, 0.717) is 16.9 Å². The minimum Gasteiger partial charge on any atom is -0.440 e. The Labute approximate surface area is 280 Å². The lowest BCUT2D eigenvalue weighted by Crippen LogP contribution is -2.37. The number of hydrogen-bond acceptors (Lipinski definition) is 11. The first-order valence-corrected chi connectivity index (χ1v) is 15.7. The van der Waals surface area contributed by atoms with Gasteiger partial charge in [-0.3, -0.25) is 9.36 Å². The van der Waals surface area contributed by atoms with Gasteiger partial charge in [0.1, 0.15) is 30.2 Å². The molecule has 8 rings (SSSR count). The molecule has 2 fully saturated rings. The van der Waals surface area contributed by atoms with Crippen LogP contribution in [0.1, 0.15) is 47.1 Å². The number of benzene rings is 3. The summed E-state index contributed by atoms with van der Waals surface area (Å²) in [5, 5.41) is 12.7. The molecule has 2 aromatic heterocycles. The number of nitrogens with two attached hydrogens (primary N) is 1. The standard InChI is InChI=1S/C36H31N7O6/c1-35(2)47-29-25(45-34(30(29)48-35)43-20-42-27-31(38)40-19-41-32(27)43)14-9-15-39-33(44)24-16-21(18-37)17-26-28(24)49-36(46-26,22-10-5-3-6-11-22)23-12-7-4-8-13-23/h3-14,16-17,19-20,25,29-30,34H,15H2,1-2H3,(H,39,44)(H2,38,40,41)/t25-,29?,30+,34-/m1/s1. The van der Waals surface area contributed by atoms with Crippen LogP contribution in [0.15, 0.2) is 97.6 Å². The zero-order chi connectivity index (χ0) is 33.8. The van der Waals surface area contributed by atoms with Crippen LogP contribution in [-0.2, 0) is 20.0 Å². The molecule has 0 radical (unpaired) electrons. The Balaban J connectivity index is 1.03. The highest BCUT2D eigenvalue weighted by Gasteiger charge is 2.55. The van der Waals surface area contributed by atoms with Crippen molar-refractivity contribution >= 4 is 22.9 Å². The third-order valence-electron chi connectivity index (χ3n) is 8.67. The second-order valence-electron chi connectivity index (χ2n) is 12.3. The summed E-state index contributed by atoms with van der Waals surface area (Å²) < 4.78 is 33.7. The van der Waals surface area contributed by atoms with Crippen molar-refractivity contribution in [3.05, 3.63) is 120 Å². The predicted octanol–water partition coefficient (Wildman–Crippen LogP) is 4.36. The molecular formula is C36H31N7O6. The molecule has 1 unspecified atom stereocenters. The van der Waals surface area contributed by atoms with Crippen molar-refractivity contribution in [2.75, 3.05) is 12.3 Å². The number of rotatable bonds is 7. The van der Waals surface area contributed by atoms with Gasteiger partial charge in [0.05, 0.1) is 23.5 Å². The molecule has 5 aromatic rings. The Hall–Kier alpha value is -5.81. The molecule has 0 saturated carbocycles. The van der Waals surface area contributed by atoms with Gasteiger partial charge < -0.3 is 34.7 Å². The van der Waals surface area contributed by atoms with E-state index in [1.54, 1.807) is 23.0 Å². The number of amides is 1. The molecule has 3 N–H and O–H groups in total. The highest BCUT2D eigenvalue weighted by atomic mass is 16.8. The number of imidazole rings is 1. The summed E-state index contributed by atoms with van der Waals surface area (Å²) in [6.07, 6.45) is 4.58. The Kier molecular flexibility index (Phi) is 7.29. The smallest absolute Gasteiger partial charge is 0.305 e. The molecule has 5 heterocycles. The summed E-state index contributed by atoms with van der Waals surface area (Å²) in [7, 11) is 0. The maximum atomic E-state index is 13.7. The molecule has 49 heavy (non-hydrogen) atoms. The molecule has 1 amide bonds. The summed E-state index contributed by atoms with van der Waals surface area (Å²) in [6.45, 7) is 3.84. The lowest BCUT2D eigenvalue weighted by molar-refractivity contribution is -0.191. The summed E-state index contributed by atoms with van der Waals surface area (Å²) >= 11 is 0. The van der Waals surface area contributed by atoms with E-state index in [4.69, 9.17) is 29.4 Å². The number of nitrogens with one attached hydrogen (secondary N) is 1. The monoisotopic (exact) mass is 657 g/mol. The summed E-state index contributed by atoms with van der Waals surface area (Å²) in [5.74, 6) is -1.83. The predicted molar refractivity (Wildman–Crippen MR) is 175 cm³/mol. The number of nitriles is 1. The lowest BCUT2D eigenvalue weighted by Gasteiger charge is -2.28. The lowest BCUT2D eigenvalue weighted by atomic mass is 9.97. The normalized spacial score (nSPS) is 23.0. The van der Waals surface area contributed by atoms with E-state index >= 15 is 0 Å². The van der Waals surface area contributed by atoms with Crippen molar-refractivity contribution in [3.63, 3.8) is 0 Å². The Morgan fingerprint density at radius 2 is 1.71 bits per heavy atom. The fourth-order valence-electron chi connectivity index (χ4n) is 6.55. The SMILES string of the molecule is CC1(C)OC2[C@@H](C=CCNC(=O)c3cc(C#N)cc4c3OC(c3ccccc3)(c3ccccc3)O4)O[C@@H](n3cnc4c(N)ncnc43)[C@H]2O1. The minimum absolute atomic E-state index is 0.150. The molecule has 13 nitrogen and oxygen atoms in total. The van der Waals surface area contributed by atoms with Crippen LogP contribution in [0, 0.1) is 11.3 Å². The first kappa shape index (κ1) is 30.5. The van der Waals surface area contributed by atoms with Crippen LogP contribution >= 0.6 is 0 Å². The number of nitrogens with zero attached hydrogens (tertiary/aromatic N) is 5. The third kappa shape index (κ3) is 5.23. The minimum atomic E-state index is -1.35. The molecule has 3 aliphatic rings. The molecule has 4 atom stereocenters. The third-order valence-corrected chi connectivity index (χ3v) is 8.67. The van der Waals surface area contributed by atoms with Crippen LogP contribution in [0.2, 0.25) is 0 Å². The zero-order valence-corrected chi connectivity index (χ0v) is 26.5. The van der Waals surface area contributed by atoms with Crippen LogP contribution in [-0.4, -0.2) is 56.1 Å². The molecule has 3 aliphatic heterocycles. The fourth-order valence-corrected chi connectivity index (χ4v) is 6.55. The maximum absolute atomic E-state index is 13.7. The van der Waals surface area contributed by atoms with E-state index in [9.17, 15) is 10.1 Å². The first-order chi connectivity index (χ1) is 23.8. The van der Waals surface area contributed by atoms with Crippen LogP contribution in [0.3, 0.4) is 0 Å². The van der Waals surface area contributed by atoms with E-state index in [1.165, 1.54) is 12.4 Å². The fraction of sp³-hybridized carbons (Fsp3) is 0.250. The zero-order valence-electron chi connectivity index (χ0n) is 26.5. The number of carbonyl (C=O) groups excluding carboxylic acids is 1. The topological polar surface area (TPSA) is 169 Å². The largest absolute Gasteiger partial charge is 0.440 e. The van der Waals surface area contributed by atoms with Gasteiger partial charge >= 0.3 is 5.79 Å². The van der Waals surface area contributed by atoms with Crippen LogP contribution in [0.5, 0.6) is 11.5 Å². The van der Waals surface area contributed by atoms with Crippen molar-refractivity contribution in [2.45, 2.75) is 50.0 Å². The average Bonchev–Trinajstić information content (AvgIpc) is 3.88. The number of carbonyl (C=O) groups is 1. The van der Waals surface area contributed by atoms with E-state index < -0.39 is 42.0 Å². The number of aromatic nitrogens is 4. The van der Waals surface area contributed by atoms with E-state index in [-0.39, 0.29) is 29.2 Å². The van der Waals surface area contributed by atoms with Gasteiger partial charge in [-0.2, -0.15) is 5.26 Å². The Bertz CT molecular complexity index is 2090. The molecule has 3 aromatic carbocycles. The van der Waals surface area contributed by atoms with Crippen molar-refractivity contribution in [1.82, 2.24) is 24.8 Å². The number of hydrogen-bond donors (Lipinski definition) is 2. The second kappa shape index (κ2) is 11.7. The number of fused-ring (bicyclic) bond motifs is 3. The number of nitrogen functional groups attached to an aromatic ring is 1. The van der Waals surface area contributed by atoms with Crippen molar-refractivity contribution < 1.29 is 28.5 Å². The molecule has 246 valence electrons. The van der Waals surface area contributed by atoms with Crippen molar-refractivity contribution in [2.24, 2.45) is 0 Å². The number of ether oxygens (including phenoxy) is 5. The average molecular weight is 658 g/mol. The quantitative estimate of drug-likeness (QED) is 0.239. The van der Waals surface area contributed by atoms with Gasteiger partial charge in [0.25, 0.3) is 5.91 Å². The molecule has 2 saturated heterocycles. The van der Waals surface area contributed by atoms with Gasteiger partial charge in [0.2, 0.25) is 0 Å². The van der Waals surface area contributed by atoms with Crippen molar-refractivity contribution in [3.8, 4) is 17.6 Å². The molecule has 0 spiro atoms. The van der Waals surface area contributed by atoms with Gasteiger partial charge in [-0.25, -0.2) is 15.0 Å². The molecular weight excluding hydrogens is 626 g/mol. The van der Waals surface area contributed by atoms with Crippen LogP contribution in [0.25, 0.3) is 11.2 Å². The van der Waals surface area contributed by atoms with Crippen LogP contribution < -0.4 is 20.5 Å². The van der Waals surface area contributed by atoms with Gasteiger partial charge in [-0.05, 0) is 19.9 Å². The van der Waals surface area contributed by atoms with E-state index in [0.717, 1.165) is 11.1 Å². The Morgan fingerprint density at radius 1 is 1.00 bits per heavy atom. The number of anilines is 1. The van der Waals surface area contributed by atoms with E-state index in [1.807, 2.05) is 80.6 Å². The van der Waals surface area contributed by atoms with Gasteiger partial charge in [-0.15, -0.1) is 0 Å². The molecule has 13 heteroatoms. The Morgan fingerprint density at radius 3 is 2.43 bits per heavy atom. The highest BCUT2D eigenvalue weighted by Crippen LogP contribution is 2.50.